The lowest BCUT2D eigenvalue weighted by molar-refractivity contribution is -0.146. The molecule has 2 heterocycles. The van der Waals surface area contributed by atoms with Crippen LogP contribution in [0.15, 0.2) is 0 Å². The van der Waals surface area contributed by atoms with Crippen molar-refractivity contribution in [3.05, 3.63) is 17.0 Å². The normalized spacial score (nSPS) is 24.6. The molecule has 1 saturated heterocycles. The van der Waals surface area contributed by atoms with E-state index >= 15 is 0 Å². The molecule has 0 amide bonds. The predicted octanol–water partition coefficient (Wildman–Crippen LogP) is 1.65. The molecule has 9 heteroatoms. The number of rotatable bonds is 2. The Morgan fingerprint density at radius 3 is 2.58 bits per heavy atom. The first kappa shape index (κ1) is 16.9. The van der Waals surface area contributed by atoms with Gasteiger partial charge in [0.2, 0.25) is 5.95 Å². The van der Waals surface area contributed by atoms with Gasteiger partial charge in [-0.2, -0.15) is 13.2 Å². The first-order chi connectivity index (χ1) is 11.3. The summed E-state index contributed by atoms with van der Waals surface area (Å²) in [5.74, 6) is -2.34. The molecule has 0 aromatic carbocycles. The number of carboxylic acid groups (broad SMARTS) is 1. The number of aromatic nitrogens is 2. The molecule has 1 aromatic heterocycles. The van der Waals surface area contributed by atoms with Gasteiger partial charge < -0.3 is 15.1 Å². The Balaban J connectivity index is 1.98. The van der Waals surface area contributed by atoms with Crippen molar-refractivity contribution in [1.29, 1.82) is 0 Å². The van der Waals surface area contributed by atoms with E-state index in [0.717, 1.165) is 6.42 Å². The van der Waals surface area contributed by atoms with Crippen LogP contribution < -0.4 is 4.90 Å². The van der Waals surface area contributed by atoms with Crippen LogP contribution in [0.3, 0.4) is 0 Å². The van der Waals surface area contributed by atoms with E-state index in [0.29, 0.717) is 25.0 Å². The van der Waals surface area contributed by atoms with Crippen LogP contribution in [0, 0.1) is 5.92 Å². The van der Waals surface area contributed by atoms with Crippen LogP contribution in [0.5, 0.6) is 0 Å². The fraction of sp³-hybridized carbons (Fsp3) is 0.667. The van der Waals surface area contributed by atoms with E-state index in [4.69, 9.17) is 5.11 Å². The third-order valence-electron chi connectivity index (χ3n) is 4.62. The predicted molar refractivity (Wildman–Crippen MR) is 77.6 cm³/mol. The van der Waals surface area contributed by atoms with Crippen molar-refractivity contribution in [2.45, 2.75) is 44.4 Å². The van der Waals surface area contributed by atoms with E-state index in [9.17, 15) is 23.1 Å². The van der Waals surface area contributed by atoms with Crippen molar-refractivity contribution in [3.8, 4) is 0 Å². The summed E-state index contributed by atoms with van der Waals surface area (Å²) < 4.78 is 40.0. The molecule has 1 aliphatic carbocycles. The first-order valence-electron chi connectivity index (χ1n) is 7.90. The lowest BCUT2D eigenvalue weighted by Gasteiger charge is -2.34. The molecular weight excluding hydrogens is 327 g/mol. The number of hydrogen-bond acceptors (Lipinski definition) is 5. The summed E-state index contributed by atoms with van der Waals surface area (Å²) in [4.78, 5) is 20.6. The number of aliphatic hydroxyl groups is 1. The summed E-state index contributed by atoms with van der Waals surface area (Å²) in [6, 6.07) is 0. The van der Waals surface area contributed by atoms with Crippen molar-refractivity contribution in [2.75, 3.05) is 18.0 Å². The quantitative estimate of drug-likeness (QED) is 0.848. The fourth-order valence-corrected chi connectivity index (χ4v) is 3.32. The third kappa shape index (κ3) is 3.17. The van der Waals surface area contributed by atoms with E-state index in [-0.39, 0.29) is 31.0 Å². The average molecular weight is 345 g/mol. The van der Waals surface area contributed by atoms with E-state index < -0.39 is 29.9 Å². The second-order valence-corrected chi connectivity index (χ2v) is 6.25. The maximum absolute atomic E-state index is 13.3. The Kier molecular flexibility index (Phi) is 4.37. The topological polar surface area (TPSA) is 86.5 Å². The molecule has 6 nitrogen and oxygen atoms in total. The van der Waals surface area contributed by atoms with Gasteiger partial charge in [0.25, 0.3) is 0 Å². The number of carbonyl (C=O) groups is 1. The molecule has 3 rings (SSSR count). The molecule has 2 aliphatic rings. The number of hydrogen-bond donors (Lipinski definition) is 2. The molecular formula is C15H18F3N3O3. The average Bonchev–Trinajstić information content (AvgIpc) is 2.53. The highest BCUT2D eigenvalue weighted by Gasteiger charge is 2.40. The fourth-order valence-electron chi connectivity index (χ4n) is 3.32. The summed E-state index contributed by atoms with van der Waals surface area (Å²) in [5.41, 5.74) is -0.360. The van der Waals surface area contributed by atoms with Crippen LogP contribution in [0.1, 0.15) is 36.2 Å². The second-order valence-electron chi connectivity index (χ2n) is 6.25. The largest absolute Gasteiger partial charge is 0.481 e. The Morgan fingerprint density at radius 2 is 1.92 bits per heavy atom. The monoisotopic (exact) mass is 345 g/mol. The van der Waals surface area contributed by atoms with Gasteiger partial charge in [-0.1, -0.05) is 0 Å². The maximum Gasteiger partial charge on any atom is 0.433 e. The number of alkyl halides is 3. The second kappa shape index (κ2) is 6.19. The SMILES string of the molecule is O=C(O)[C@@H]1CN(c2nc3c(c(C(F)(F)F)n2)CCCC3)CC[C@@H]1O. The molecule has 0 unspecified atom stereocenters. The van der Waals surface area contributed by atoms with Crippen LogP contribution in [0.2, 0.25) is 0 Å². The van der Waals surface area contributed by atoms with Crippen molar-refractivity contribution in [3.63, 3.8) is 0 Å². The Morgan fingerprint density at radius 1 is 1.21 bits per heavy atom. The highest BCUT2D eigenvalue weighted by Crippen LogP contribution is 2.36. The number of halogens is 3. The van der Waals surface area contributed by atoms with E-state index in [1.54, 1.807) is 0 Å². The molecule has 2 N–H and O–H groups in total. The number of aryl methyl sites for hydroxylation is 1. The Hall–Kier alpha value is -1.90. The van der Waals surface area contributed by atoms with Gasteiger partial charge >= 0.3 is 12.1 Å². The van der Waals surface area contributed by atoms with Gasteiger partial charge in [0.1, 0.15) is 5.92 Å². The van der Waals surface area contributed by atoms with Crippen LogP contribution in [-0.4, -0.2) is 45.3 Å². The zero-order chi connectivity index (χ0) is 17.5. The van der Waals surface area contributed by atoms with Crippen LogP contribution in [-0.2, 0) is 23.8 Å². The zero-order valence-electron chi connectivity index (χ0n) is 12.9. The molecule has 1 fully saturated rings. The number of carboxylic acids is 1. The van der Waals surface area contributed by atoms with Crippen molar-refractivity contribution in [2.24, 2.45) is 5.92 Å². The summed E-state index contributed by atoms with van der Waals surface area (Å²) in [7, 11) is 0. The zero-order valence-corrected chi connectivity index (χ0v) is 12.9. The highest BCUT2D eigenvalue weighted by molar-refractivity contribution is 5.72. The number of aliphatic carboxylic acids is 1. The van der Waals surface area contributed by atoms with Crippen LogP contribution in [0.25, 0.3) is 0 Å². The van der Waals surface area contributed by atoms with Gasteiger partial charge in [-0.25, -0.2) is 9.97 Å². The number of fused-ring (bicyclic) bond motifs is 1. The van der Waals surface area contributed by atoms with Crippen molar-refractivity contribution in [1.82, 2.24) is 9.97 Å². The number of piperidine rings is 1. The first-order valence-corrected chi connectivity index (χ1v) is 7.90. The smallest absolute Gasteiger partial charge is 0.433 e. The number of anilines is 1. The van der Waals surface area contributed by atoms with Crippen molar-refractivity contribution < 1.29 is 28.2 Å². The Labute approximate surface area is 136 Å². The molecule has 1 aliphatic heterocycles. The molecule has 0 saturated carbocycles. The minimum absolute atomic E-state index is 0.0962. The van der Waals surface area contributed by atoms with Crippen molar-refractivity contribution >= 4 is 11.9 Å². The molecule has 1 aromatic rings. The molecule has 0 bridgehead atoms. The van der Waals surface area contributed by atoms with E-state index in [1.165, 1.54) is 4.90 Å². The summed E-state index contributed by atoms with van der Waals surface area (Å²) in [6.07, 6.45) is -3.21. The molecule has 2 atom stereocenters. The van der Waals surface area contributed by atoms with Gasteiger partial charge in [0.15, 0.2) is 5.69 Å². The minimum atomic E-state index is -4.57. The third-order valence-corrected chi connectivity index (χ3v) is 4.62. The molecule has 0 radical (unpaired) electrons. The summed E-state index contributed by atoms with van der Waals surface area (Å²) >= 11 is 0. The van der Waals surface area contributed by atoms with Crippen LogP contribution >= 0.6 is 0 Å². The van der Waals surface area contributed by atoms with E-state index in [2.05, 4.69) is 9.97 Å². The number of nitrogens with zero attached hydrogens (tertiary/aromatic N) is 3. The van der Waals surface area contributed by atoms with E-state index in [1.807, 2.05) is 0 Å². The van der Waals surface area contributed by atoms with Gasteiger partial charge in [-0.3, -0.25) is 4.79 Å². The Bertz CT molecular complexity index is 651. The highest BCUT2D eigenvalue weighted by atomic mass is 19.4. The molecule has 0 spiro atoms. The standard InChI is InChI=1S/C15H18F3N3O3/c16-15(17,18)12-8-3-1-2-4-10(8)19-14(20-12)21-6-5-11(22)9(7-21)13(23)24/h9,11,22H,1-7H2,(H,23,24)/t9-,11+/m1/s1. The lowest BCUT2D eigenvalue weighted by Crippen LogP contribution is -2.47. The minimum Gasteiger partial charge on any atom is -0.481 e. The number of aliphatic hydroxyl groups excluding tert-OH is 1. The van der Waals surface area contributed by atoms with Gasteiger partial charge in [0, 0.05) is 24.3 Å². The van der Waals surface area contributed by atoms with Gasteiger partial charge in [-0.05, 0) is 32.1 Å². The summed E-state index contributed by atoms with van der Waals surface area (Å²) in [5, 5.41) is 18.9. The van der Waals surface area contributed by atoms with Crippen LogP contribution in [0.4, 0.5) is 19.1 Å². The van der Waals surface area contributed by atoms with Gasteiger partial charge in [0.05, 0.1) is 6.10 Å². The molecule has 132 valence electrons. The summed E-state index contributed by atoms with van der Waals surface area (Å²) in [6.45, 7) is 0.119. The molecule has 24 heavy (non-hydrogen) atoms. The lowest BCUT2D eigenvalue weighted by atomic mass is 9.94. The van der Waals surface area contributed by atoms with Gasteiger partial charge in [-0.15, -0.1) is 0 Å². The maximum atomic E-state index is 13.3.